The Morgan fingerprint density at radius 1 is 1.26 bits per heavy atom. The van der Waals surface area contributed by atoms with E-state index < -0.39 is 11.8 Å². The average molecular weight is 265 g/mol. The van der Waals surface area contributed by atoms with Crippen molar-refractivity contribution in [2.24, 2.45) is 5.73 Å². The number of aliphatic hydroxyl groups excluding tert-OH is 1. The van der Waals surface area contributed by atoms with Gasteiger partial charge >= 0.3 is 11.8 Å². The van der Waals surface area contributed by atoms with Gasteiger partial charge in [0.15, 0.2) is 0 Å². The third kappa shape index (κ3) is 5.07. The number of carbonyl (C=O) groups is 2. The zero-order valence-electron chi connectivity index (χ0n) is 10.7. The van der Waals surface area contributed by atoms with Gasteiger partial charge in [-0.25, -0.2) is 0 Å². The fraction of sp³-hybridized carbons (Fsp3) is 0.385. The lowest BCUT2D eigenvalue weighted by molar-refractivity contribution is -0.146. The molecule has 2 amide bonds. The Morgan fingerprint density at radius 3 is 2.53 bits per heavy atom. The molecule has 0 aliphatic carbocycles. The van der Waals surface area contributed by atoms with Gasteiger partial charge in [0.1, 0.15) is 0 Å². The summed E-state index contributed by atoms with van der Waals surface area (Å²) in [6, 6.07) is 9.29. The molecular weight excluding hydrogens is 246 g/mol. The van der Waals surface area contributed by atoms with Gasteiger partial charge in [0, 0.05) is 26.2 Å². The van der Waals surface area contributed by atoms with E-state index in [1.807, 2.05) is 30.3 Å². The molecule has 0 unspecified atom stereocenters. The molecule has 6 heteroatoms. The maximum absolute atomic E-state index is 11.9. The minimum absolute atomic E-state index is 0.115. The summed E-state index contributed by atoms with van der Waals surface area (Å²) in [5, 5.41) is 11.4. The third-order valence-corrected chi connectivity index (χ3v) is 2.50. The number of hydrogen-bond acceptors (Lipinski definition) is 4. The molecule has 0 radical (unpaired) electrons. The molecule has 0 saturated heterocycles. The van der Waals surface area contributed by atoms with Crippen LogP contribution in [0.5, 0.6) is 0 Å². The van der Waals surface area contributed by atoms with Crippen molar-refractivity contribution in [3.8, 4) is 0 Å². The molecule has 0 saturated carbocycles. The molecule has 0 fully saturated rings. The summed E-state index contributed by atoms with van der Waals surface area (Å²) in [5.41, 5.74) is 6.15. The van der Waals surface area contributed by atoms with E-state index in [9.17, 15) is 9.59 Å². The Labute approximate surface area is 112 Å². The van der Waals surface area contributed by atoms with Crippen LogP contribution in [-0.2, 0) is 16.1 Å². The lowest BCUT2D eigenvalue weighted by Gasteiger charge is -2.21. The van der Waals surface area contributed by atoms with Crippen molar-refractivity contribution in [3.63, 3.8) is 0 Å². The van der Waals surface area contributed by atoms with Crippen molar-refractivity contribution >= 4 is 11.8 Å². The van der Waals surface area contributed by atoms with E-state index in [0.29, 0.717) is 0 Å². The summed E-state index contributed by atoms with van der Waals surface area (Å²) in [7, 11) is 0. The molecule has 0 aliphatic rings. The van der Waals surface area contributed by atoms with Gasteiger partial charge in [-0.15, -0.1) is 0 Å². The number of hydrogen-bond donors (Lipinski definition) is 3. The van der Waals surface area contributed by atoms with E-state index in [1.165, 1.54) is 4.90 Å². The highest BCUT2D eigenvalue weighted by Gasteiger charge is 2.20. The first-order valence-electron chi connectivity index (χ1n) is 6.11. The largest absolute Gasteiger partial charge is 0.395 e. The number of benzene rings is 1. The summed E-state index contributed by atoms with van der Waals surface area (Å²) in [4.78, 5) is 24.8. The monoisotopic (exact) mass is 265 g/mol. The molecule has 0 atom stereocenters. The maximum atomic E-state index is 11.9. The van der Waals surface area contributed by atoms with Gasteiger partial charge in [0.25, 0.3) is 0 Å². The molecule has 0 bridgehead atoms. The molecule has 0 aliphatic heterocycles. The molecule has 4 N–H and O–H groups in total. The van der Waals surface area contributed by atoms with Crippen molar-refractivity contribution in [2.45, 2.75) is 6.54 Å². The molecule has 1 aromatic rings. The Hall–Kier alpha value is -1.92. The van der Waals surface area contributed by atoms with Crippen molar-refractivity contribution in [1.82, 2.24) is 10.2 Å². The van der Waals surface area contributed by atoms with Crippen molar-refractivity contribution < 1.29 is 14.7 Å². The van der Waals surface area contributed by atoms with Gasteiger partial charge in [-0.1, -0.05) is 30.3 Å². The number of rotatable bonds is 6. The Kier molecular flexibility index (Phi) is 6.56. The van der Waals surface area contributed by atoms with E-state index in [1.54, 1.807) is 0 Å². The number of aliphatic hydroxyl groups is 1. The smallest absolute Gasteiger partial charge is 0.312 e. The van der Waals surface area contributed by atoms with E-state index in [0.717, 1.165) is 5.56 Å². The third-order valence-electron chi connectivity index (χ3n) is 2.50. The van der Waals surface area contributed by atoms with Crippen molar-refractivity contribution in [2.75, 3.05) is 26.2 Å². The second-order valence-electron chi connectivity index (χ2n) is 3.98. The van der Waals surface area contributed by atoms with Crippen LogP contribution >= 0.6 is 0 Å². The first kappa shape index (κ1) is 15.1. The van der Waals surface area contributed by atoms with Gasteiger partial charge in [-0.2, -0.15) is 0 Å². The lowest BCUT2D eigenvalue weighted by atomic mass is 10.2. The van der Waals surface area contributed by atoms with Crippen molar-refractivity contribution in [1.29, 1.82) is 0 Å². The average Bonchev–Trinajstić information content (AvgIpc) is 2.44. The van der Waals surface area contributed by atoms with Crippen LogP contribution in [-0.4, -0.2) is 48.1 Å². The Balaban J connectivity index is 2.66. The summed E-state index contributed by atoms with van der Waals surface area (Å²) < 4.78 is 0. The van der Waals surface area contributed by atoms with E-state index in [-0.39, 0.29) is 32.8 Å². The molecule has 104 valence electrons. The van der Waals surface area contributed by atoms with Crippen LogP contribution in [0.2, 0.25) is 0 Å². The molecule has 1 rings (SSSR count). The zero-order chi connectivity index (χ0) is 14.1. The van der Waals surface area contributed by atoms with Crippen LogP contribution in [0.3, 0.4) is 0 Å². The molecule has 0 aromatic heterocycles. The number of nitrogens with zero attached hydrogens (tertiary/aromatic N) is 1. The number of carbonyl (C=O) groups excluding carboxylic acids is 2. The molecule has 19 heavy (non-hydrogen) atoms. The molecule has 0 heterocycles. The van der Waals surface area contributed by atoms with E-state index in [4.69, 9.17) is 10.8 Å². The number of nitrogens with one attached hydrogen (secondary N) is 1. The first-order chi connectivity index (χ1) is 9.19. The highest BCUT2D eigenvalue weighted by molar-refractivity contribution is 6.34. The van der Waals surface area contributed by atoms with Crippen LogP contribution in [0.25, 0.3) is 0 Å². The molecular formula is C13H19N3O3. The highest BCUT2D eigenvalue weighted by atomic mass is 16.3. The van der Waals surface area contributed by atoms with E-state index in [2.05, 4.69) is 5.32 Å². The summed E-state index contributed by atoms with van der Waals surface area (Å²) in [5.74, 6) is -1.36. The van der Waals surface area contributed by atoms with Gasteiger partial charge in [0.2, 0.25) is 0 Å². The van der Waals surface area contributed by atoms with E-state index >= 15 is 0 Å². The van der Waals surface area contributed by atoms with Gasteiger partial charge in [-0.3, -0.25) is 9.59 Å². The second-order valence-corrected chi connectivity index (χ2v) is 3.98. The van der Waals surface area contributed by atoms with Crippen LogP contribution in [0, 0.1) is 0 Å². The van der Waals surface area contributed by atoms with Crippen LogP contribution in [0.1, 0.15) is 5.56 Å². The number of amides is 2. The fourth-order valence-electron chi connectivity index (χ4n) is 1.58. The molecule has 0 spiro atoms. The minimum Gasteiger partial charge on any atom is -0.395 e. The zero-order valence-corrected chi connectivity index (χ0v) is 10.7. The topological polar surface area (TPSA) is 95.7 Å². The normalized spacial score (nSPS) is 10.0. The van der Waals surface area contributed by atoms with Crippen LogP contribution in [0.15, 0.2) is 30.3 Å². The summed E-state index contributed by atoms with van der Waals surface area (Å²) in [6.07, 6.45) is 0. The first-order valence-corrected chi connectivity index (χ1v) is 6.11. The SMILES string of the molecule is NCCNC(=O)C(=O)N(CCO)Cc1ccccc1. The van der Waals surface area contributed by atoms with Crippen molar-refractivity contribution in [3.05, 3.63) is 35.9 Å². The van der Waals surface area contributed by atoms with Gasteiger partial charge in [0.05, 0.1) is 6.61 Å². The number of nitrogens with two attached hydrogens (primary N) is 1. The predicted molar refractivity (Wildman–Crippen MR) is 71.0 cm³/mol. The summed E-state index contributed by atoms with van der Waals surface area (Å²) >= 11 is 0. The lowest BCUT2D eigenvalue weighted by Crippen LogP contribution is -2.44. The predicted octanol–water partition coefficient (Wildman–Crippen LogP) is -0.918. The molecule has 6 nitrogen and oxygen atoms in total. The van der Waals surface area contributed by atoms with Crippen LogP contribution < -0.4 is 11.1 Å². The second kappa shape index (κ2) is 8.23. The molecule has 1 aromatic carbocycles. The minimum atomic E-state index is -0.699. The maximum Gasteiger partial charge on any atom is 0.312 e. The standard InChI is InChI=1S/C13H19N3O3/c14-6-7-15-12(18)13(19)16(8-9-17)10-11-4-2-1-3-5-11/h1-5,17H,6-10,14H2,(H,15,18). The Morgan fingerprint density at radius 2 is 1.95 bits per heavy atom. The Bertz CT molecular complexity index is 409. The van der Waals surface area contributed by atoms with Gasteiger partial charge in [-0.05, 0) is 5.56 Å². The highest BCUT2D eigenvalue weighted by Crippen LogP contribution is 2.04. The fourth-order valence-corrected chi connectivity index (χ4v) is 1.58. The summed E-state index contributed by atoms with van der Waals surface area (Å²) in [6.45, 7) is 0.739. The van der Waals surface area contributed by atoms with Crippen LogP contribution in [0.4, 0.5) is 0 Å². The van der Waals surface area contributed by atoms with Gasteiger partial charge < -0.3 is 21.1 Å². The quantitative estimate of drug-likeness (QED) is 0.580.